The fraction of sp³-hybridized carbons (Fsp3) is 0.957. The summed E-state index contributed by atoms with van der Waals surface area (Å²) >= 11 is 0. The Kier molecular flexibility index (Phi) is 12.7. The molecule has 0 aromatic heterocycles. The van der Waals surface area contributed by atoms with Crippen LogP contribution in [0.1, 0.15) is 64.7 Å². The first kappa shape index (κ1) is 28.5. The van der Waals surface area contributed by atoms with Crippen molar-refractivity contribution in [2.75, 3.05) is 13.2 Å². The average molecular weight is 479 g/mol. The van der Waals surface area contributed by atoms with Crippen LogP contribution in [-0.2, 0) is 19.0 Å². The molecule has 2 heterocycles. The van der Waals surface area contributed by atoms with Gasteiger partial charge in [-0.3, -0.25) is 0 Å². The molecule has 2 fully saturated rings. The number of rotatable bonds is 14. The molecule has 0 spiro atoms. The highest BCUT2D eigenvalue weighted by Gasteiger charge is 2.50. The second-order valence-electron chi connectivity index (χ2n) is 9.16. The molecule has 6 N–H and O–H groups in total. The molecule has 33 heavy (non-hydrogen) atoms. The van der Waals surface area contributed by atoms with Crippen molar-refractivity contribution in [3.05, 3.63) is 0 Å². The standard InChI is InChI=1S/C23H42O10/c1-2-3-4-5-6-7-8-9-10-15-18(27)14(11-24)22(17(13-26)31-15)33-23-21(30)20(29)19(28)16(12-25)32-23/h11,14-23,25-30H,2-10,12-13H2,1H3/t14?,15-,16?,17?,18?,19+,20?,21?,22-,23+/m0/s1. The van der Waals surface area contributed by atoms with Gasteiger partial charge in [0.1, 0.15) is 42.9 Å². The third-order valence-electron chi connectivity index (χ3n) is 6.69. The van der Waals surface area contributed by atoms with Gasteiger partial charge < -0.3 is 49.6 Å². The smallest absolute Gasteiger partial charge is 0.187 e. The number of unbranched alkanes of at least 4 members (excludes halogenated alkanes) is 7. The minimum atomic E-state index is -1.67. The molecule has 2 aliphatic rings. The van der Waals surface area contributed by atoms with E-state index >= 15 is 0 Å². The van der Waals surface area contributed by atoms with Crippen LogP contribution in [0.4, 0.5) is 0 Å². The number of ether oxygens (including phenoxy) is 3. The van der Waals surface area contributed by atoms with Crippen LogP contribution >= 0.6 is 0 Å². The fourth-order valence-electron chi connectivity index (χ4n) is 4.61. The van der Waals surface area contributed by atoms with Crippen LogP contribution in [0.3, 0.4) is 0 Å². The summed E-state index contributed by atoms with van der Waals surface area (Å²) < 4.78 is 16.9. The van der Waals surface area contributed by atoms with Gasteiger partial charge in [-0.2, -0.15) is 0 Å². The van der Waals surface area contributed by atoms with E-state index in [1.165, 1.54) is 32.1 Å². The van der Waals surface area contributed by atoms with Crippen molar-refractivity contribution in [1.82, 2.24) is 0 Å². The number of hydrogen-bond acceptors (Lipinski definition) is 10. The minimum Gasteiger partial charge on any atom is -0.394 e. The van der Waals surface area contributed by atoms with Gasteiger partial charge in [0.15, 0.2) is 6.29 Å². The van der Waals surface area contributed by atoms with Crippen LogP contribution in [0.25, 0.3) is 0 Å². The molecule has 2 aliphatic heterocycles. The number of hydrogen-bond donors (Lipinski definition) is 6. The van der Waals surface area contributed by atoms with Crippen molar-refractivity contribution < 1.29 is 49.6 Å². The number of carbonyl (C=O) groups excluding carboxylic acids is 1. The first-order valence-corrected chi connectivity index (χ1v) is 12.2. The zero-order chi connectivity index (χ0) is 24.4. The highest BCUT2D eigenvalue weighted by molar-refractivity contribution is 5.56. The first-order chi connectivity index (χ1) is 15.9. The summed E-state index contributed by atoms with van der Waals surface area (Å²) in [5.41, 5.74) is 0. The van der Waals surface area contributed by atoms with Gasteiger partial charge in [-0.15, -0.1) is 0 Å². The highest BCUT2D eigenvalue weighted by atomic mass is 16.7. The van der Waals surface area contributed by atoms with Crippen molar-refractivity contribution in [1.29, 1.82) is 0 Å². The van der Waals surface area contributed by atoms with E-state index in [1.54, 1.807) is 0 Å². The molecule has 2 rings (SSSR count). The maximum atomic E-state index is 11.8. The topological polar surface area (TPSA) is 166 Å². The van der Waals surface area contributed by atoms with E-state index in [4.69, 9.17) is 14.2 Å². The minimum absolute atomic E-state index is 0.493. The fourth-order valence-corrected chi connectivity index (χ4v) is 4.61. The van der Waals surface area contributed by atoms with Crippen molar-refractivity contribution in [2.24, 2.45) is 5.92 Å². The molecular formula is C23H42O10. The quantitative estimate of drug-likeness (QED) is 0.143. The van der Waals surface area contributed by atoms with Crippen molar-refractivity contribution in [2.45, 2.75) is 120 Å². The number of aliphatic hydroxyl groups is 6. The summed E-state index contributed by atoms with van der Waals surface area (Å²) in [5.74, 6) is -1.05. The lowest BCUT2D eigenvalue weighted by Crippen LogP contribution is -2.63. The molecule has 10 atom stereocenters. The molecule has 0 saturated carbocycles. The van der Waals surface area contributed by atoms with Crippen molar-refractivity contribution in [3.8, 4) is 0 Å². The number of carbonyl (C=O) groups is 1. The lowest BCUT2D eigenvalue weighted by molar-refractivity contribution is -0.334. The van der Waals surface area contributed by atoms with Gasteiger partial charge in [0.25, 0.3) is 0 Å². The van der Waals surface area contributed by atoms with Crippen LogP contribution < -0.4 is 0 Å². The van der Waals surface area contributed by atoms with Crippen LogP contribution in [0.2, 0.25) is 0 Å². The molecule has 0 radical (unpaired) electrons. The lowest BCUT2D eigenvalue weighted by atomic mass is 9.85. The van der Waals surface area contributed by atoms with Gasteiger partial charge in [0, 0.05) is 0 Å². The predicted octanol–water partition coefficient (Wildman–Crippen LogP) is -0.362. The summed E-state index contributed by atoms with van der Waals surface area (Å²) in [6.07, 6.45) is -1.43. The Labute approximate surface area is 195 Å². The van der Waals surface area contributed by atoms with Gasteiger partial charge in [0.05, 0.1) is 31.3 Å². The van der Waals surface area contributed by atoms with E-state index in [0.717, 1.165) is 19.3 Å². The Bertz CT molecular complexity index is 547. The maximum Gasteiger partial charge on any atom is 0.187 e. The Balaban J connectivity index is 1.92. The summed E-state index contributed by atoms with van der Waals surface area (Å²) in [7, 11) is 0. The summed E-state index contributed by atoms with van der Waals surface area (Å²) in [4.78, 5) is 11.8. The van der Waals surface area contributed by atoms with Gasteiger partial charge in [-0.1, -0.05) is 58.3 Å². The lowest BCUT2D eigenvalue weighted by Gasteiger charge is -2.46. The van der Waals surface area contributed by atoms with Crippen molar-refractivity contribution >= 4 is 6.29 Å². The summed E-state index contributed by atoms with van der Waals surface area (Å²) in [6.45, 7) is 1.06. The largest absolute Gasteiger partial charge is 0.394 e. The molecule has 0 aliphatic carbocycles. The van der Waals surface area contributed by atoms with E-state index in [1.807, 2.05) is 0 Å². The van der Waals surface area contributed by atoms with Crippen LogP contribution in [-0.4, -0.2) is 105 Å². The van der Waals surface area contributed by atoms with E-state index in [9.17, 15) is 35.4 Å². The molecule has 0 aromatic rings. The molecule has 0 amide bonds. The van der Waals surface area contributed by atoms with Crippen LogP contribution in [0.5, 0.6) is 0 Å². The molecule has 194 valence electrons. The first-order valence-electron chi connectivity index (χ1n) is 12.2. The molecule has 0 bridgehead atoms. The van der Waals surface area contributed by atoms with Gasteiger partial charge >= 0.3 is 0 Å². The van der Waals surface area contributed by atoms with E-state index < -0.39 is 74.3 Å². The summed E-state index contributed by atoms with van der Waals surface area (Å²) in [5, 5.41) is 60.0. The third kappa shape index (κ3) is 7.65. The van der Waals surface area contributed by atoms with Gasteiger partial charge in [-0.05, 0) is 6.42 Å². The third-order valence-corrected chi connectivity index (χ3v) is 6.69. The average Bonchev–Trinajstić information content (AvgIpc) is 2.82. The molecular weight excluding hydrogens is 436 g/mol. The Morgan fingerprint density at radius 1 is 0.727 bits per heavy atom. The summed E-state index contributed by atoms with van der Waals surface area (Å²) in [6, 6.07) is 0. The molecule has 0 aromatic carbocycles. The molecule has 6 unspecified atom stereocenters. The van der Waals surface area contributed by atoms with Gasteiger partial charge in [0.2, 0.25) is 0 Å². The van der Waals surface area contributed by atoms with Crippen molar-refractivity contribution in [3.63, 3.8) is 0 Å². The number of aldehydes is 1. The molecule has 10 nitrogen and oxygen atoms in total. The Morgan fingerprint density at radius 3 is 1.91 bits per heavy atom. The Hall–Kier alpha value is -0.690. The highest BCUT2D eigenvalue weighted by Crippen LogP contribution is 2.33. The zero-order valence-electron chi connectivity index (χ0n) is 19.4. The van der Waals surface area contributed by atoms with E-state index in [2.05, 4.69) is 6.92 Å². The predicted molar refractivity (Wildman–Crippen MR) is 117 cm³/mol. The molecule has 10 heteroatoms. The maximum absolute atomic E-state index is 11.8. The number of aliphatic hydroxyl groups excluding tert-OH is 6. The van der Waals surface area contributed by atoms with E-state index in [0.29, 0.717) is 12.7 Å². The normalized spacial score (nSPS) is 39.5. The molecule has 2 saturated heterocycles. The van der Waals surface area contributed by atoms with E-state index in [-0.39, 0.29) is 0 Å². The van der Waals surface area contributed by atoms with Gasteiger partial charge in [-0.25, -0.2) is 0 Å². The second kappa shape index (κ2) is 14.7. The zero-order valence-corrected chi connectivity index (χ0v) is 19.4. The monoisotopic (exact) mass is 478 g/mol. The van der Waals surface area contributed by atoms with Crippen LogP contribution in [0, 0.1) is 5.92 Å². The SMILES string of the molecule is CCCCCCCCCC[C@@H]1OC(CO)[C@@H](O[C@H]2OC(CO)[C@@H](O)C(O)C2O)C(C=O)C1O. The second-order valence-corrected chi connectivity index (χ2v) is 9.16. The van der Waals surface area contributed by atoms with Crippen LogP contribution in [0.15, 0.2) is 0 Å². The Morgan fingerprint density at radius 2 is 1.33 bits per heavy atom.